The quantitative estimate of drug-likeness (QED) is 0.831. The van der Waals surface area contributed by atoms with Crippen LogP contribution in [-0.2, 0) is 5.33 Å². The van der Waals surface area contributed by atoms with Gasteiger partial charge >= 0.3 is 0 Å². The first kappa shape index (κ1) is 10.2. The van der Waals surface area contributed by atoms with Gasteiger partial charge in [-0.1, -0.05) is 46.3 Å². The zero-order valence-corrected chi connectivity index (χ0v) is 9.62. The third-order valence-corrected chi connectivity index (χ3v) is 2.84. The van der Waals surface area contributed by atoms with E-state index in [9.17, 15) is 4.79 Å². The highest BCUT2D eigenvalue weighted by molar-refractivity contribution is 9.08. The molecule has 0 saturated heterocycles. The molecule has 0 aliphatic carbocycles. The summed E-state index contributed by atoms with van der Waals surface area (Å²) in [5.74, 6) is 0. The molecule has 0 atom stereocenters. The molecule has 76 valence electrons. The van der Waals surface area contributed by atoms with Crippen LogP contribution in [0.3, 0.4) is 0 Å². The van der Waals surface area contributed by atoms with Gasteiger partial charge in [0.1, 0.15) is 0 Å². The third kappa shape index (κ3) is 2.02. The number of halogens is 1. The van der Waals surface area contributed by atoms with Crippen LogP contribution in [0.5, 0.6) is 0 Å². The van der Waals surface area contributed by atoms with E-state index >= 15 is 0 Å². The van der Waals surface area contributed by atoms with Crippen molar-refractivity contribution in [1.82, 2.24) is 4.98 Å². The lowest BCUT2D eigenvalue weighted by Gasteiger charge is -2.05. The van der Waals surface area contributed by atoms with Crippen molar-refractivity contribution in [2.45, 2.75) is 5.33 Å². The van der Waals surface area contributed by atoms with Crippen LogP contribution in [0, 0.1) is 0 Å². The van der Waals surface area contributed by atoms with Gasteiger partial charge in [0.05, 0.1) is 0 Å². The summed E-state index contributed by atoms with van der Waals surface area (Å²) in [6, 6.07) is 11.8. The highest BCUT2D eigenvalue weighted by atomic mass is 79.9. The van der Waals surface area contributed by atoms with Gasteiger partial charge in [0.25, 0.3) is 5.56 Å². The molecule has 0 radical (unpaired) electrons. The van der Waals surface area contributed by atoms with Crippen LogP contribution in [0.4, 0.5) is 0 Å². The minimum Gasteiger partial charge on any atom is -0.329 e. The summed E-state index contributed by atoms with van der Waals surface area (Å²) in [4.78, 5) is 14.2. The molecule has 1 aromatic heterocycles. The molecule has 1 aromatic carbocycles. The fraction of sp³-hybridized carbons (Fsp3) is 0.0833. The van der Waals surface area contributed by atoms with Crippen LogP contribution in [0.1, 0.15) is 5.56 Å². The minimum absolute atomic E-state index is 0.0340. The van der Waals surface area contributed by atoms with Crippen LogP contribution < -0.4 is 5.56 Å². The van der Waals surface area contributed by atoms with E-state index in [4.69, 9.17) is 0 Å². The first-order valence-electron chi connectivity index (χ1n) is 4.65. The lowest BCUT2D eigenvalue weighted by molar-refractivity contribution is 1.17. The van der Waals surface area contributed by atoms with Crippen LogP contribution >= 0.6 is 15.9 Å². The summed E-state index contributed by atoms with van der Waals surface area (Å²) in [6.45, 7) is 0. The fourth-order valence-electron chi connectivity index (χ4n) is 1.53. The van der Waals surface area contributed by atoms with E-state index in [-0.39, 0.29) is 5.56 Å². The van der Waals surface area contributed by atoms with Crippen molar-refractivity contribution in [3.63, 3.8) is 0 Å². The van der Waals surface area contributed by atoms with E-state index in [1.165, 1.54) is 0 Å². The van der Waals surface area contributed by atoms with Crippen LogP contribution in [0.15, 0.2) is 47.4 Å². The van der Waals surface area contributed by atoms with E-state index in [1.807, 2.05) is 36.4 Å². The van der Waals surface area contributed by atoms with E-state index < -0.39 is 0 Å². The van der Waals surface area contributed by atoms with E-state index in [0.717, 1.165) is 16.7 Å². The smallest absolute Gasteiger partial charge is 0.252 e. The first-order valence-corrected chi connectivity index (χ1v) is 5.77. The van der Waals surface area contributed by atoms with Gasteiger partial charge in [-0.25, -0.2) is 0 Å². The number of H-pyrrole nitrogens is 1. The topological polar surface area (TPSA) is 32.9 Å². The Morgan fingerprint density at radius 3 is 2.53 bits per heavy atom. The summed E-state index contributed by atoms with van der Waals surface area (Å²) in [5.41, 5.74) is 2.78. The van der Waals surface area contributed by atoms with Crippen molar-refractivity contribution < 1.29 is 0 Å². The molecule has 0 spiro atoms. The Balaban J connectivity index is 2.63. The van der Waals surface area contributed by atoms with Gasteiger partial charge in [-0.2, -0.15) is 0 Å². The second-order valence-corrected chi connectivity index (χ2v) is 3.76. The Bertz CT molecular complexity index is 505. The van der Waals surface area contributed by atoms with Crippen molar-refractivity contribution in [2.75, 3.05) is 0 Å². The molecule has 0 saturated carbocycles. The fourth-order valence-corrected chi connectivity index (χ4v) is 2.09. The molecule has 0 bridgehead atoms. The number of aromatic amines is 1. The normalized spacial score (nSPS) is 10.2. The Morgan fingerprint density at radius 2 is 1.87 bits per heavy atom. The van der Waals surface area contributed by atoms with Crippen molar-refractivity contribution in [2.24, 2.45) is 0 Å². The summed E-state index contributed by atoms with van der Waals surface area (Å²) >= 11 is 3.34. The average molecular weight is 264 g/mol. The Kier molecular flexibility index (Phi) is 3.02. The monoisotopic (exact) mass is 263 g/mol. The van der Waals surface area contributed by atoms with Gasteiger partial charge in [-0.15, -0.1) is 0 Å². The van der Waals surface area contributed by atoms with Crippen molar-refractivity contribution in [3.05, 3.63) is 58.5 Å². The second kappa shape index (κ2) is 4.45. The zero-order valence-electron chi connectivity index (χ0n) is 8.03. The summed E-state index contributed by atoms with van der Waals surface area (Å²) in [5, 5.41) is 0.563. The van der Waals surface area contributed by atoms with Crippen molar-refractivity contribution >= 4 is 15.9 Å². The molecule has 2 rings (SSSR count). The maximum atomic E-state index is 11.6. The molecule has 0 aliphatic heterocycles. The summed E-state index contributed by atoms with van der Waals surface area (Å²) in [7, 11) is 0. The molecule has 3 heteroatoms. The number of hydrogen-bond donors (Lipinski definition) is 1. The largest absolute Gasteiger partial charge is 0.329 e. The SMILES string of the molecule is O=c1[nH]ccc(-c2ccccc2)c1CBr. The molecular weight excluding hydrogens is 254 g/mol. The van der Waals surface area contributed by atoms with Gasteiger partial charge in [-0.3, -0.25) is 4.79 Å². The number of nitrogens with one attached hydrogen (secondary N) is 1. The van der Waals surface area contributed by atoms with Crippen LogP contribution in [-0.4, -0.2) is 4.98 Å². The zero-order chi connectivity index (χ0) is 10.7. The molecule has 1 N–H and O–H groups in total. The standard InChI is InChI=1S/C12H10BrNO/c13-8-11-10(6-7-14-12(11)15)9-4-2-1-3-5-9/h1-7H,8H2,(H,14,15). The molecule has 0 fully saturated rings. The van der Waals surface area contributed by atoms with Gasteiger partial charge in [0.15, 0.2) is 0 Å². The molecular formula is C12H10BrNO. The highest BCUT2D eigenvalue weighted by Crippen LogP contribution is 2.21. The Labute approximate surface area is 96.1 Å². The predicted molar refractivity (Wildman–Crippen MR) is 65.1 cm³/mol. The van der Waals surface area contributed by atoms with E-state index in [1.54, 1.807) is 6.20 Å². The molecule has 15 heavy (non-hydrogen) atoms. The predicted octanol–water partition coefficient (Wildman–Crippen LogP) is 2.94. The second-order valence-electron chi connectivity index (χ2n) is 3.20. The van der Waals surface area contributed by atoms with Crippen LogP contribution in [0.25, 0.3) is 11.1 Å². The van der Waals surface area contributed by atoms with Gasteiger partial charge in [0.2, 0.25) is 0 Å². The minimum atomic E-state index is -0.0340. The molecule has 0 amide bonds. The number of benzene rings is 1. The Morgan fingerprint density at radius 1 is 1.13 bits per heavy atom. The number of hydrogen-bond acceptors (Lipinski definition) is 1. The first-order chi connectivity index (χ1) is 7.33. The summed E-state index contributed by atoms with van der Waals surface area (Å²) in [6.07, 6.45) is 1.68. The van der Waals surface area contributed by atoms with Crippen LogP contribution in [0.2, 0.25) is 0 Å². The lowest BCUT2D eigenvalue weighted by Crippen LogP contribution is -2.11. The number of rotatable bonds is 2. The third-order valence-electron chi connectivity index (χ3n) is 2.28. The van der Waals surface area contributed by atoms with Crippen molar-refractivity contribution in [3.8, 4) is 11.1 Å². The number of pyridine rings is 1. The maximum absolute atomic E-state index is 11.6. The van der Waals surface area contributed by atoms with E-state index in [0.29, 0.717) is 5.33 Å². The molecule has 2 aromatic rings. The molecule has 1 heterocycles. The molecule has 0 aliphatic rings. The number of alkyl halides is 1. The maximum Gasteiger partial charge on any atom is 0.252 e. The lowest BCUT2D eigenvalue weighted by atomic mass is 10.0. The summed E-state index contributed by atoms with van der Waals surface area (Å²) < 4.78 is 0. The highest BCUT2D eigenvalue weighted by Gasteiger charge is 2.06. The van der Waals surface area contributed by atoms with Gasteiger partial charge in [0, 0.05) is 17.1 Å². The number of aromatic nitrogens is 1. The molecule has 2 nitrogen and oxygen atoms in total. The van der Waals surface area contributed by atoms with Gasteiger partial charge in [-0.05, 0) is 17.2 Å². The van der Waals surface area contributed by atoms with Gasteiger partial charge < -0.3 is 4.98 Å². The Hall–Kier alpha value is -1.35. The average Bonchev–Trinajstić information content (AvgIpc) is 2.30. The van der Waals surface area contributed by atoms with E-state index in [2.05, 4.69) is 20.9 Å². The molecule has 0 unspecified atom stereocenters. The van der Waals surface area contributed by atoms with Crippen molar-refractivity contribution in [1.29, 1.82) is 0 Å².